The third-order valence-electron chi connectivity index (χ3n) is 2.77. The molecule has 2 N–H and O–H groups in total. The van der Waals surface area contributed by atoms with Crippen LogP contribution in [0.3, 0.4) is 0 Å². The van der Waals surface area contributed by atoms with E-state index in [9.17, 15) is 4.79 Å². The fourth-order valence-electron chi connectivity index (χ4n) is 1.72. The molecule has 1 aliphatic rings. The first-order valence-electron chi connectivity index (χ1n) is 5.25. The summed E-state index contributed by atoms with van der Waals surface area (Å²) in [6.07, 6.45) is 0. The van der Waals surface area contributed by atoms with E-state index in [-0.39, 0.29) is 5.78 Å². The van der Waals surface area contributed by atoms with Gasteiger partial charge in [-0.05, 0) is 31.5 Å². The quantitative estimate of drug-likeness (QED) is 0.734. The van der Waals surface area contributed by atoms with Gasteiger partial charge in [0.05, 0.1) is 6.04 Å². The van der Waals surface area contributed by atoms with Crippen molar-refractivity contribution < 1.29 is 4.79 Å². The van der Waals surface area contributed by atoms with E-state index in [1.54, 1.807) is 6.92 Å². The number of aryl methyl sites for hydroxylation is 1. The van der Waals surface area contributed by atoms with Crippen molar-refractivity contribution in [3.63, 3.8) is 0 Å². The summed E-state index contributed by atoms with van der Waals surface area (Å²) in [5, 5.41) is 6.59. The molecule has 1 saturated heterocycles. The van der Waals surface area contributed by atoms with Gasteiger partial charge in [0, 0.05) is 24.3 Å². The highest BCUT2D eigenvalue weighted by atomic mass is 16.1. The summed E-state index contributed by atoms with van der Waals surface area (Å²) >= 11 is 0. The molecule has 1 fully saturated rings. The Bertz CT molecular complexity index is 383. The molecule has 0 atom stereocenters. The van der Waals surface area contributed by atoms with E-state index in [1.807, 2.05) is 25.1 Å². The van der Waals surface area contributed by atoms with Gasteiger partial charge in [-0.1, -0.05) is 6.07 Å². The summed E-state index contributed by atoms with van der Waals surface area (Å²) in [7, 11) is 0. The summed E-state index contributed by atoms with van der Waals surface area (Å²) in [5.41, 5.74) is 2.89. The Hall–Kier alpha value is -1.35. The second-order valence-corrected chi connectivity index (χ2v) is 4.09. The number of Topliss-reactive ketones (excluding diaryl/α,β-unsaturated/α-hetero) is 1. The van der Waals surface area contributed by atoms with Gasteiger partial charge in [0.2, 0.25) is 0 Å². The first-order chi connectivity index (χ1) is 7.16. The highest BCUT2D eigenvalue weighted by Gasteiger charge is 2.16. The van der Waals surface area contributed by atoms with E-state index < -0.39 is 0 Å². The van der Waals surface area contributed by atoms with Crippen LogP contribution >= 0.6 is 0 Å². The van der Waals surface area contributed by atoms with Crippen molar-refractivity contribution in [3.05, 3.63) is 29.3 Å². The zero-order valence-corrected chi connectivity index (χ0v) is 9.13. The standard InChI is InChI=1S/C12H16N2O/c1-8-3-4-10(5-12(8)9(2)15)14-11-6-13-7-11/h3-5,11,13-14H,6-7H2,1-2H3. The maximum atomic E-state index is 11.3. The molecule has 3 nitrogen and oxygen atoms in total. The van der Waals surface area contributed by atoms with Crippen molar-refractivity contribution in [2.75, 3.05) is 18.4 Å². The zero-order chi connectivity index (χ0) is 10.8. The summed E-state index contributed by atoms with van der Waals surface area (Å²) < 4.78 is 0. The lowest BCUT2D eigenvalue weighted by atomic mass is 10.0. The first kappa shape index (κ1) is 10.2. The second-order valence-electron chi connectivity index (χ2n) is 4.09. The predicted octanol–water partition coefficient (Wildman–Crippen LogP) is 1.58. The third-order valence-corrected chi connectivity index (χ3v) is 2.77. The SMILES string of the molecule is CC(=O)c1cc(NC2CNC2)ccc1C. The van der Waals surface area contributed by atoms with Crippen LogP contribution in [0.15, 0.2) is 18.2 Å². The Kier molecular flexibility index (Phi) is 2.73. The maximum Gasteiger partial charge on any atom is 0.160 e. The van der Waals surface area contributed by atoms with Crippen molar-refractivity contribution in [1.29, 1.82) is 0 Å². The molecule has 0 unspecified atom stereocenters. The molecule has 80 valence electrons. The van der Waals surface area contributed by atoms with E-state index in [2.05, 4.69) is 10.6 Å². The summed E-state index contributed by atoms with van der Waals surface area (Å²) in [6.45, 7) is 5.58. The van der Waals surface area contributed by atoms with Gasteiger partial charge in [-0.25, -0.2) is 0 Å². The molecule has 1 heterocycles. The van der Waals surface area contributed by atoms with E-state index in [1.165, 1.54) is 0 Å². The summed E-state index contributed by atoms with van der Waals surface area (Å²) in [6, 6.07) is 6.47. The highest BCUT2D eigenvalue weighted by Crippen LogP contribution is 2.17. The van der Waals surface area contributed by atoms with Crippen LogP contribution in [0.5, 0.6) is 0 Å². The number of ketones is 1. The molecular weight excluding hydrogens is 188 g/mol. The summed E-state index contributed by atoms with van der Waals surface area (Å²) in [4.78, 5) is 11.3. The van der Waals surface area contributed by atoms with Crippen molar-refractivity contribution in [2.24, 2.45) is 0 Å². The molecular formula is C12H16N2O. The number of carbonyl (C=O) groups is 1. The molecule has 0 spiro atoms. The Labute approximate surface area is 89.9 Å². The van der Waals surface area contributed by atoms with Gasteiger partial charge < -0.3 is 10.6 Å². The predicted molar refractivity (Wildman–Crippen MR) is 61.5 cm³/mol. The van der Waals surface area contributed by atoms with Gasteiger partial charge in [0.15, 0.2) is 5.78 Å². The van der Waals surface area contributed by atoms with Crippen molar-refractivity contribution in [2.45, 2.75) is 19.9 Å². The van der Waals surface area contributed by atoms with Gasteiger partial charge >= 0.3 is 0 Å². The van der Waals surface area contributed by atoms with Gasteiger partial charge in [-0.2, -0.15) is 0 Å². The van der Waals surface area contributed by atoms with Crippen LogP contribution in [0.1, 0.15) is 22.8 Å². The van der Waals surface area contributed by atoms with Crippen molar-refractivity contribution in [3.8, 4) is 0 Å². The molecule has 0 aromatic heterocycles. The van der Waals surface area contributed by atoms with Gasteiger partial charge in [-0.3, -0.25) is 4.79 Å². The lowest BCUT2D eigenvalue weighted by Gasteiger charge is -2.29. The molecule has 0 saturated carbocycles. The Morgan fingerprint density at radius 3 is 2.73 bits per heavy atom. The van der Waals surface area contributed by atoms with Gasteiger partial charge in [0.1, 0.15) is 0 Å². The van der Waals surface area contributed by atoms with E-state index in [0.29, 0.717) is 6.04 Å². The number of rotatable bonds is 3. The van der Waals surface area contributed by atoms with E-state index in [4.69, 9.17) is 0 Å². The fourth-order valence-corrected chi connectivity index (χ4v) is 1.72. The maximum absolute atomic E-state index is 11.3. The van der Waals surface area contributed by atoms with Crippen LogP contribution in [-0.2, 0) is 0 Å². The topological polar surface area (TPSA) is 41.1 Å². The smallest absolute Gasteiger partial charge is 0.160 e. The largest absolute Gasteiger partial charge is 0.380 e. The van der Waals surface area contributed by atoms with E-state index >= 15 is 0 Å². The molecule has 1 aromatic carbocycles. The monoisotopic (exact) mass is 204 g/mol. The molecule has 0 radical (unpaired) electrons. The van der Waals surface area contributed by atoms with Crippen LogP contribution in [-0.4, -0.2) is 24.9 Å². The molecule has 0 aliphatic carbocycles. The number of anilines is 1. The van der Waals surface area contributed by atoms with Crippen LogP contribution in [0.2, 0.25) is 0 Å². The summed E-state index contributed by atoms with van der Waals surface area (Å²) in [5.74, 6) is 0.128. The molecule has 0 bridgehead atoms. The van der Waals surface area contributed by atoms with Crippen LogP contribution in [0.25, 0.3) is 0 Å². The van der Waals surface area contributed by atoms with Gasteiger partial charge in [0.25, 0.3) is 0 Å². The second kappa shape index (κ2) is 4.03. The average molecular weight is 204 g/mol. The minimum absolute atomic E-state index is 0.128. The number of benzene rings is 1. The molecule has 15 heavy (non-hydrogen) atoms. The minimum atomic E-state index is 0.128. The molecule has 3 heteroatoms. The Morgan fingerprint density at radius 2 is 2.20 bits per heavy atom. The average Bonchev–Trinajstić information content (AvgIpc) is 2.13. The van der Waals surface area contributed by atoms with Crippen molar-refractivity contribution >= 4 is 11.5 Å². The normalized spacial score (nSPS) is 15.9. The lowest BCUT2D eigenvalue weighted by Crippen LogP contribution is -2.51. The zero-order valence-electron chi connectivity index (χ0n) is 9.13. The highest BCUT2D eigenvalue weighted by molar-refractivity contribution is 5.96. The van der Waals surface area contributed by atoms with E-state index in [0.717, 1.165) is 29.9 Å². The number of hydrogen-bond donors (Lipinski definition) is 2. The Morgan fingerprint density at radius 1 is 1.47 bits per heavy atom. The number of carbonyl (C=O) groups excluding carboxylic acids is 1. The number of nitrogens with one attached hydrogen (secondary N) is 2. The Balaban J connectivity index is 2.17. The lowest BCUT2D eigenvalue weighted by molar-refractivity contribution is 0.101. The van der Waals surface area contributed by atoms with Crippen molar-refractivity contribution in [1.82, 2.24) is 5.32 Å². The van der Waals surface area contributed by atoms with Crippen LogP contribution in [0.4, 0.5) is 5.69 Å². The molecule has 0 amide bonds. The molecule has 1 aliphatic heterocycles. The van der Waals surface area contributed by atoms with Crippen LogP contribution < -0.4 is 10.6 Å². The minimum Gasteiger partial charge on any atom is -0.380 e. The first-order valence-corrected chi connectivity index (χ1v) is 5.25. The molecule has 2 rings (SSSR count). The third kappa shape index (κ3) is 2.18. The van der Waals surface area contributed by atoms with Crippen LogP contribution in [0, 0.1) is 6.92 Å². The number of hydrogen-bond acceptors (Lipinski definition) is 3. The fraction of sp³-hybridized carbons (Fsp3) is 0.417. The van der Waals surface area contributed by atoms with Gasteiger partial charge in [-0.15, -0.1) is 0 Å². The molecule has 1 aromatic rings.